The number of unbranched alkanes of at least 4 members (excludes halogenated alkanes) is 6. The number of hydrogen-bond acceptors (Lipinski definition) is 18. The molecule has 0 rings (SSSR count). The summed E-state index contributed by atoms with van der Waals surface area (Å²) in [5.41, 5.74) is 0. The van der Waals surface area contributed by atoms with Gasteiger partial charge in [0.05, 0.1) is 13.2 Å². The first-order valence-corrected chi connectivity index (χ1v) is 25.3. The Morgan fingerprint density at radius 2 is 0.364 bits per heavy atom. The smallest absolute Gasteiger partial charge is 0.104 e. The van der Waals surface area contributed by atoms with Crippen molar-refractivity contribution in [3.05, 3.63) is 0 Å². The average molecular weight is 967 g/mol. The molecule has 0 bridgehead atoms. The van der Waals surface area contributed by atoms with Crippen molar-refractivity contribution >= 4 is 0 Å². The third-order valence-corrected chi connectivity index (χ3v) is 8.91. The van der Waals surface area contributed by atoms with E-state index in [2.05, 4.69) is 0 Å². The van der Waals surface area contributed by atoms with E-state index in [-0.39, 0.29) is 52.4 Å². The molecule has 0 aliphatic rings. The minimum atomic E-state index is -0.167. The maximum absolute atomic E-state index is 8.82. The largest absolute Gasteiger partial charge is 0.396 e. The molecule has 0 aromatic heterocycles. The van der Waals surface area contributed by atoms with Gasteiger partial charge < -0.3 is 87.9 Å². The molecule has 0 aromatic rings. The Balaban J connectivity index is -0.00000103. The molecular weight excluding hydrogens is 865 g/mol. The first-order chi connectivity index (χ1) is 32.7. The van der Waals surface area contributed by atoms with Crippen LogP contribution in [0.25, 0.3) is 0 Å². The van der Waals surface area contributed by atoms with Crippen molar-refractivity contribution in [3.63, 3.8) is 0 Å². The number of aliphatic hydroxyl groups is 7. The van der Waals surface area contributed by atoms with Gasteiger partial charge in [-0.2, -0.15) is 0 Å². The molecule has 0 aliphatic carbocycles. The van der Waals surface area contributed by atoms with Gasteiger partial charge in [-0.05, 0) is 96.3 Å². The summed E-state index contributed by atoms with van der Waals surface area (Å²) in [6, 6.07) is 0. The Morgan fingerprint density at radius 3 is 0.591 bits per heavy atom. The third-order valence-electron chi connectivity index (χ3n) is 8.91. The monoisotopic (exact) mass is 967 g/mol. The SMILES string of the molecule is OCCCOCCCCCCOCCCO.OCCCOCCCCCCOCCCO.OCCCOCCCOCCCOCCCOCCCOC(COCCCO)COCCCO. The Bertz CT molecular complexity index is 711. The summed E-state index contributed by atoms with van der Waals surface area (Å²) in [6.45, 7) is 14.8. The lowest BCUT2D eigenvalue weighted by molar-refractivity contribution is -0.0661. The molecule has 18 heteroatoms. The van der Waals surface area contributed by atoms with Crippen molar-refractivity contribution in [1.29, 1.82) is 0 Å². The van der Waals surface area contributed by atoms with Crippen LogP contribution in [0.15, 0.2) is 0 Å². The Hall–Kier alpha value is -0.720. The van der Waals surface area contributed by atoms with E-state index < -0.39 is 0 Å². The van der Waals surface area contributed by atoms with Gasteiger partial charge in [-0.3, -0.25) is 0 Å². The Morgan fingerprint density at radius 1 is 0.182 bits per heavy atom. The fourth-order valence-corrected chi connectivity index (χ4v) is 5.28. The van der Waals surface area contributed by atoms with E-state index in [1.54, 1.807) is 0 Å². The molecule has 402 valence electrons. The summed E-state index contributed by atoms with van der Waals surface area (Å²) >= 11 is 0. The fourth-order valence-electron chi connectivity index (χ4n) is 5.28. The predicted molar refractivity (Wildman–Crippen MR) is 255 cm³/mol. The molecule has 0 radical (unpaired) electrons. The predicted octanol–water partition coefficient (Wildman–Crippen LogP) is 3.87. The van der Waals surface area contributed by atoms with Crippen LogP contribution in [0.4, 0.5) is 0 Å². The molecule has 0 aromatic carbocycles. The quantitative estimate of drug-likeness (QED) is 0.0428. The van der Waals surface area contributed by atoms with Crippen LogP contribution in [0.5, 0.6) is 0 Å². The highest BCUT2D eigenvalue weighted by Crippen LogP contribution is 2.03. The summed E-state index contributed by atoms with van der Waals surface area (Å²) in [6.07, 6.45) is 17.1. The second-order valence-corrected chi connectivity index (χ2v) is 15.3. The van der Waals surface area contributed by atoms with Crippen LogP contribution in [0.2, 0.25) is 0 Å². The molecule has 0 amide bonds. The maximum Gasteiger partial charge on any atom is 0.104 e. The molecule has 0 heterocycles. The molecule has 0 spiro atoms. The summed E-state index contributed by atoms with van der Waals surface area (Å²) < 4.78 is 60.2. The van der Waals surface area contributed by atoms with E-state index in [9.17, 15) is 0 Å². The van der Waals surface area contributed by atoms with Gasteiger partial charge in [0.25, 0.3) is 0 Å². The molecule has 0 saturated carbocycles. The zero-order chi connectivity index (χ0) is 48.6. The number of hydrogen-bond donors (Lipinski definition) is 7. The van der Waals surface area contributed by atoms with Gasteiger partial charge in [0.15, 0.2) is 0 Å². The van der Waals surface area contributed by atoms with E-state index in [1.807, 2.05) is 0 Å². The normalized spacial score (nSPS) is 11.3. The maximum atomic E-state index is 8.82. The topological polar surface area (TPSA) is 243 Å². The van der Waals surface area contributed by atoms with Gasteiger partial charge in [0.1, 0.15) is 6.10 Å². The average Bonchev–Trinajstić information content (AvgIpc) is 3.33. The van der Waals surface area contributed by atoms with Crippen LogP contribution in [-0.2, 0) is 52.1 Å². The molecule has 0 saturated heterocycles. The number of aliphatic hydroxyl groups excluding tert-OH is 7. The summed E-state index contributed by atoms with van der Waals surface area (Å²) in [5.74, 6) is 0. The standard InChI is InChI=1S/C24H50O10.2C12H26O4/c25-8-1-11-28-14-4-15-29-16-5-17-30-18-6-19-31-20-7-21-34-24(22-32-12-2-9-26)23-33-13-3-10-27;2*13-7-5-11-15-9-3-1-2-4-10-16-12-6-8-14/h24-27H,1-23H2;2*13-14H,1-12H2. The number of rotatable bonds is 56. The number of ether oxygens (including phenoxy) is 11. The highest BCUT2D eigenvalue weighted by molar-refractivity contribution is 4.56. The molecule has 7 N–H and O–H groups in total. The minimum Gasteiger partial charge on any atom is -0.396 e. The fraction of sp³-hybridized carbons (Fsp3) is 1.00. The van der Waals surface area contributed by atoms with Crippen LogP contribution in [0.3, 0.4) is 0 Å². The van der Waals surface area contributed by atoms with Crippen LogP contribution in [0.1, 0.15) is 122 Å². The highest BCUT2D eigenvalue weighted by atomic mass is 16.6. The second-order valence-electron chi connectivity index (χ2n) is 15.3. The summed E-state index contributed by atoms with van der Waals surface area (Å²) in [4.78, 5) is 0. The van der Waals surface area contributed by atoms with Gasteiger partial charge in [0.2, 0.25) is 0 Å². The lowest BCUT2D eigenvalue weighted by Gasteiger charge is -2.18. The van der Waals surface area contributed by atoms with Gasteiger partial charge in [-0.15, -0.1) is 0 Å². The third kappa shape index (κ3) is 72.3. The van der Waals surface area contributed by atoms with E-state index in [4.69, 9.17) is 87.9 Å². The lowest BCUT2D eigenvalue weighted by atomic mass is 10.2. The summed E-state index contributed by atoms with van der Waals surface area (Å²) in [7, 11) is 0. The zero-order valence-corrected chi connectivity index (χ0v) is 41.4. The molecule has 0 aliphatic heterocycles. The minimum absolute atomic E-state index is 0.110. The Kier molecular flexibility index (Phi) is 74.6. The van der Waals surface area contributed by atoms with Gasteiger partial charge in [-0.1, -0.05) is 25.7 Å². The molecule has 0 fully saturated rings. The van der Waals surface area contributed by atoms with Crippen LogP contribution in [0, 0.1) is 0 Å². The van der Waals surface area contributed by atoms with Crippen molar-refractivity contribution in [2.75, 3.05) is 185 Å². The Labute approximate surface area is 400 Å². The van der Waals surface area contributed by atoms with Crippen molar-refractivity contribution < 1.29 is 87.9 Å². The lowest BCUT2D eigenvalue weighted by Crippen LogP contribution is -2.27. The van der Waals surface area contributed by atoms with Crippen molar-refractivity contribution in [3.8, 4) is 0 Å². The van der Waals surface area contributed by atoms with E-state index in [1.165, 1.54) is 25.7 Å². The van der Waals surface area contributed by atoms with E-state index in [0.717, 1.165) is 103 Å². The van der Waals surface area contributed by atoms with Gasteiger partial charge in [0, 0.05) is 172 Å². The molecule has 66 heavy (non-hydrogen) atoms. The van der Waals surface area contributed by atoms with Crippen LogP contribution >= 0.6 is 0 Å². The van der Waals surface area contributed by atoms with Crippen LogP contribution in [-0.4, -0.2) is 227 Å². The molecule has 0 atom stereocenters. The molecule has 0 unspecified atom stereocenters. The highest BCUT2D eigenvalue weighted by Gasteiger charge is 2.10. The van der Waals surface area contributed by atoms with Crippen molar-refractivity contribution in [1.82, 2.24) is 0 Å². The van der Waals surface area contributed by atoms with Crippen molar-refractivity contribution in [2.45, 2.75) is 128 Å². The van der Waals surface area contributed by atoms with Gasteiger partial charge >= 0.3 is 0 Å². The second kappa shape index (κ2) is 70.8. The first-order valence-electron chi connectivity index (χ1n) is 25.3. The summed E-state index contributed by atoms with van der Waals surface area (Å²) in [5, 5.41) is 60.3. The van der Waals surface area contributed by atoms with E-state index >= 15 is 0 Å². The van der Waals surface area contributed by atoms with Gasteiger partial charge in [-0.25, -0.2) is 0 Å². The molecular formula is C48H102O18. The van der Waals surface area contributed by atoms with E-state index in [0.29, 0.717) is 132 Å². The van der Waals surface area contributed by atoms with Crippen LogP contribution < -0.4 is 0 Å². The zero-order valence-electron chi connectivity index (χ0n) is 41.4. The van der Waals surface area contributed by atoms with Crippen molar-refractivity contribution in [2.24, 2.45) is 0 Å². The first kappa shape index (κ1) is 69.5. The molecule has 18 nitrogen and oxygen atoms in total.